The molecule has 23 heavy (non-hydrogen) atoms. The van der Waals surface area contributed by atoms with Crippen molar-refractivity contribution < 1.29 is 9.53 Å². The summed E-state index contributed by atoms with van der Waals surface area (Å²) < 4.78 is 5.57. The van der Waals surface area contributed by atoms with Crippen LogP contribution in [0.25, 0.3) is 0 Å². The van der Waals surface area contributed by atoms with Crippen molar-refractivity contribution in [1.82, 2.24) is 4.98 Å². The lowest BCUT2D eigenvalue weighted by atomic mass is 10.2. The van der Waals surface area contributed by atoms with Gasteiger partial charge in [0, 0.05) is 28.7 Å². The number of aryl methyl sites for hydroxylation is 1. The van der Waals surface area contributed by atoms with Crippen LogP contribution in [0, 0.1) is 6.92 Å². The van der Waals surface area contributed by atoms with Crippen molar-refractivity contribution in [2.75, 3.05) is 23.8 Å². The third kappa shape index (κ3) is 4.22. The predicted molar refractivity (Wildman–Crippen MR) is 93.7 cm³/mol. The van der Waals surface area contributed by atoms with Gasteiger partial charge in [-0.3, -0.25) is 4.79 Å². The van der Waals surface area contributed by atoms with Gasteiger partial charge >= 0.3 is 0 Å². The fourth-order valence-corrected chi connectivity index (χ4v) is 3.36. The van der Waals surface area contributed by atoms with E-state index in [2.05, 4.69) is 15.6 Å². The number of rotatable bonds is 5. The highest BCUT2D eigenvalue weighted by molar-refractivity contribution is 7.15. The summed E-state index contributed by atoms with van der Waals surface area (Å²) in [5.74, 6) is -0.216. The molecule has 1 atom stereocenters. The lowest BCUT2D eigenvalue weighted by molar-refractivity contribution is 0.102. The topological polar surface area (TPSA) is 63.2 Å². The summed E-state index contributed by atoms with van der Waals surface area (Å²) in [5, 5.41) is 7.47. The minimum Gasteiger partial charge on any atom is -0.376 e. The molecule has 0 saturated carbocycles. The fourth-order valence-electron chi connectivity index (χ4n) is 2.41. The zero-order valence-corrected chi connectivity index (χ0v) is 14.3. The lowest BCUT2D eigenvalue weighted by Gasteiger charge is -2.09. The van der Waals surface area contributed by atoms with Crippen LogP contribution in [0.2, 0.25) is 5.02 Å². The van der Waals surface area contributed by atoms with Crippen molar-refractivity contribution in [3.63, 3.8) is 0 Å². The Balaban J connectivity index is 1.62. The maximum atomic E-state index is 12.3. The number of carbonyl (C=O) groups excluding carboxylic acids is 1. The molecule has 0 spiro atoms. The Morgan fingerprint density at radius 3 is 2.91 bits per heavy atom. The first-order valence-corrected chi connectivity index (χ1v) is 8.71. The van der Waals surface area contributed by atoms with Gasteiger partial charge in [0.2, 0.25) is 0 Å². The van der Waals surface area contributed by atoms with Crippen molar-refractivity contribution in [3.05, 3.63) is 39.9 Å². The number of carbonyl (C=O) groups is 1. The van der Waals surface area contributed by atoms with Crippen LogP contribution in [0.3, 0.4) is 0 Å². The monoisotopic (exact) mass is 351 g/mol. The summed E-state index contributed by atoms with van der Waals surface area (Å²) in [6.07, 6.45) is 2.42. The number of thiazole rings is 1. The summed E-state index contributed by atoms with van der Waals surface area (Å²) in [6.45, 7) is 3.45. The zero-order valence-electron chi connectivity index (χ0n) is 12.8. The Morgan fingerprint density at radius 1 is 1.43 bits per heavy atom. The van der Waals surface area contributed by atoms with E-state index >= 15 is 0 Å². The Bertz CT molecular complexity index is 681. The molecule has 1 aliphatic heterocycles. The zero-order chi connectivity index (χ0) is 16.2. The molecular weight excluding hydrogens is 334 g/mol. The molecule has 1 aliphatic rings. The average Bonchev–Trinajstić information content (AvgIpc) is 3.17. The molecule has 1 aromatic carbocycles. The molecule has 0 radical (unpaired) electrons. The van der Waals surface area contributed by atoms with Crippen molar-refractivity contribution in [3.8, 4) is 0 Å². The van der Waals surface area contributed by atoms with Gasteiger partial charge in [0.05, 0.1) is 6.10 Å². The van der Waals surface area contributed by atoms with Gasteiger partial charge in [-0.25, -0.2) is 4.98 Å². The normalized spacial score (nSPS) is 17.2. The molecule has 1 fully saturated rings. The quantitative estimate of drug-likeness (QED) is 0.856. The van der Waals surface area contributed by atoms with Crippen molar-refractivity contribution >= 4 is 39.7 Å². The average molecular weight is 352 g/mol. The summed E-state index contributed by atoms with van der Waals surface area (Å²) in [7, 11) is 0. The molecule has 1 saturated heterocycles. The van der Waals surface area contributed by atoms with Crippen LogP contribution in [0.1, 0.15) is 28.2 Å². The summed E-state index contributed by atoms with van der Waals surface area (Å²) in [5.41, 5.74) is 1.14. The maximum Gasteiger partial charge on any atom is 0.275 e. The van der Waals surface area contributed by atoms with Crippen molar-refractivity contribution in [2.24, 2.45) is 0 Å². The van der Waals surface area contributed by atoms with E-state index in [-0.39, 0.29) is 12.0 Å². The molecule has 2 N–H and O–H groups in total. The van der Waals surface area contributed by atoms with Crippen LogP contribution in [0.4, 0.5) is 10.8 Å². The van der Waals surface area contributed by atoms with Gasteiger partial charge in [-0.1, -0.05) is 11.6 Å². The minimum absolute atomic E-state index is 0.216. The van der Waals surface area contributed by atoms with E-state index in [0.717, 1.165) is 36.0 Å². The number of halogens is 1. The molecule has 122 valence electrons. The Morgan fingerprint density at radius 2 is 2.22 bits per heavy atom. The number of hydrogen-bond donors (Lipinski definition) is 2. The molecule has 0 bridgehead atoms. The molecular formula is C16H18ClN3O2S. The summed E-state index contributed by atoms with van der Waals surface area (Å²) in [6, 6.07) is 7.00. The van der Waals surface area contributed by atoms with E-state index < -0.39 is 0 Å². The van der Waals surface area contributed by atoms with E-state index in [1.165, 1.54) is 11.3 Å². The second-order valence-electron chi connectivity index (χ2n) is 5.40. The van der Waals surface area contributed by atoms with Crippen LogP contribution in [-0.4, -0.2) is 30.1 Å². The molecule has 2 aromatic rings. The molecule has 7 heteroatoms. The molecule has 1 amide bonds. The molecule has 1 aromatic heterocycles. The van der Waals surface area contributed by atoms with E-state index in [1.54, 1.807) is 24.3 Å². The van der Waals surface area contributed by atoms with Crippen LogP contribution in [-0.2, 0) is 4.74 Å². The van der Waals surface area contributed by atoms with Crippen LogP contribution < -0.4 is 10.6 Å². The smallest absolute Gasteiger partial charge is 0.275 e. The first-order valence-electron chi connectivity index (χ1n) is 7.51. The molecule has 2 heterocycles. The first kappa shape index (κ1) is 16.2. The highest BCUT2D eigenvalue weighted by atomic mass is 35.5. The number of benzene rings is 1. The molecule has 3 rings (SSSR count). The van der Waals surface area contributed by atoms with Gasteiger partial charge in [0.25, 0.3) is 5.91 Å². The van der Waals surface area contributed by atoms with Crippen LogP contribution in [0.15, 0.2) is 24.3 Å². The third-order valence-electron chi connectivity index (χ3n) is 3.62. The predicted octanol–water partition coefficient (Wildman–Crippen LogP) is 3.95. The third-order valence-corrected chi connectivity index (χ3v) is 4.80. The van der Waals surface area contributed by atoms with Gasteiger partial charge < -0.3 is 15.4 Å². The van der Waals surface area contributed by atoms with Gasteiger partial charge in [-0.15, -0.1) is 11.3 Å². The number of ether oxygens (including phenoxy) is 1. The van der Waals surface area contributed by atoms with E-state index in [4.69, 9.17) is 16.3 Å². The number of amides is 1. The summed E-state index contributed by atoms with van der Waals surface area (Å²) in [4.78, 5) is 17.6. The maximum absolute atomic E-state index is 12.3. The Labute approximate surface area is 144 Å². The number of nitrogens with one attached hydrogen (secondary N) is 2. The van der Waals surface area contributed by atoms with Crippen molar-refractivity contribution in [2.45, 2.75) is 25.9 Å². The van der Waals surface area contributed by atoms with Crippen LogP contribution in [0.5, 0.6) is 0 Å². The first-order chi connectivity index (χ1) is 11.1. The highest BCUT2D eigenvalue weighted by Gasteiger charge is 2.18. The van der Waals surface area contributed by atoms with Gasteiger partial charge in [0.1, 0.15) is 5.69 Å². The number of anilines is 2. The second kappa shape index (κ2) is 7.29. The van der Waals surface area contributed by atoms with E-state index in [1.807, 2.05) is 6.92 Å². The number of nitrogens with zero attached hydrogens (tertiary/aromatic N) is 1. The van der Waals surface area contributed by atoms with E-state index in [0.29, 0.717) is 16.4 Å². The second-order valence-corrected chi connectivity index (χ2v) is 7.04. The molecule has 5 nitrogen and oxygen atoms in total. The van der Waals surface area contributed by atoms with Crippen LogP contribution >= 0.6 is 22.9 Å². The van der Waals surface area contributed by atoms with Crippen molar-refractivity contribution in [1.29, 1.82) is 0 Å². The Hall–Kier alpha value is -1.63. The van der Waals surface area contributed by atoms with Gasteiger partial charge in [0.15, 0.2) is 5.13 Å². The SMILES string of the molecule is Cc1sc(NCC2CCCO2)nc1C(=O)Nc1ccc(Cl)cc1. The molecule has 1 unspecified atom stereocenters. The molecule has 0 aliphatic carbocycles. The standard InChI is InChI=1S/C16H18ClN3O2S/c1-10-14(15(21)19-12-6-4-11(17)5-7-12)20-16(23-10)18-9-13-3-2-8-22-13/h4-7,13H,2-3,8-9H2,1H3,(H,18,20)(H,19,21). The van der Waals surface area contributed by atoms with E-state index in [9.17, 15) is 4.79 Å². The largest absolute Gasteiger partial charge is 0.376 e. The minimum atomic E-state index is -0.216. The summed E-state index contributed by atoms with van der Waals surface area (Å²) >= 11 is 7.32. The Kier molecular flexibility index (Phi) is 5.15. The number of aromatic nitrogens is 1. The van der Waals surface area contributed by atoms with Gasteiger partial charge in [-0.05, 0) is 44.0 Å². The van der Waals surface area contributed by atoms with Gasteiger partial charge in [-0.2, -0.15) is 0 Å². The fraction of sp³-hybridized carbons (Fsp3) is 0.375. The lowest BCUT2D eigenvalue weighted by Crippen LogP contribution is -2.18. The highest BCUT2D eigenvalue weighted by Crippen LogP contribution is 2.24. The number of hydrogen-bond acceptors (Lipinski definition) is 5.